The van der Waals surface area contributed by atoms with Gasteiger partial charge in [0.1, 0.15) is 5.67 Å². The summed E-state index contributed by atoms with van der Waals surface area (Å²) in [5, 5.41) is 0. The van der Waals surface area contributed by atoms with Gasteiger partial charge in [-0.25, -0.2) is 4.79 Å². The zero-order chi connectivity index (χ0) is 12.4. The molecule has 1 atom stereocenters. The van der Waals surface area contributed by atoms with E-state index in [1.807, 2.05) is 27.7 Å². The Morgan fingerprint density at radius 2 is 1.50 bits per heavy atom. The van der Waals surface area contributed by atoms with Gasteiger partial charge >= 0.3 is 8.80 Å². The fraction of sp³-hybridized carbons (Fsp3) is 0.900. The summed E-state index contributed by atoms with van der Waals surface area (Å²) in [5.41, 5.74) is -0.357. The Bertz CT molecular complexity index is 214. The Hall–Kier alpha value is -0.523. The molecule has 94 valence electrons. The lowest BCUT2D eigenvalue weighted by Crippen LogP contribution is -2.55. The first-order valence-corrected chi connectivity index (χ1v) is 7.49. The first-order valence-electron chi connectivity index (χ1n) is 5.69. The monoisotopic (exact) mass is 247 g/mol. The van der Waals surface area contributed by atoms with Crippen LogP contribution in [0.3, 0.4) is 0 Å². The maximum absolute atomic E-state index is 10.4. The predicted octanol–water partition coefficient (Wildman–Crippen LogP) is 1.69. The summed E-state index contributed by atoms with van der Waals surface area (Å²) in [6, 6.07) is 0. The molecule has 0 rings (SSSR count). The molecule has 0 aliphatic rings. The molecule has 0 fully saturated rings. The molecule has 5 nitrogen and oxygen atoms in total. The molecule has 0 bridgehead atoms. The van der Waals surface area contributed by atoms with Crippen molar-refractivity contribution in [3.63, 3.8) is 0 Å². The quantitative estimate of drug-likeness (QED) is 0.353. The molecule has 0 saturated carbocycles. The topological polar surface area (TPSA) is 57.1 Å². The largest absolute Gasteiger partial charge is 0.527 e. The van der Waals surface area contributed by atoms with Crippen molar-refractivity contribution in [1.82, 2.24) is 0 Å². The molecule has 0 aromatic carbocycles. The van der Waals surface area contributed by atoms with E-state index in [9.17, 15) is 4.79 Å². The van der Waals surface area contributed by atoms with Gasteiger partial charge in [0.2, 0.25) is 6.08 Å². The van der Waals surface area contributed by atoms with Crippen molar-refractivity contribution in [1.29, 1.82) is 0 Å². The minimum absolute atomic E-state index is 0.357. The maximum atomic E-state index is 10.4. The van der Waals surface area contributed by atoms with E-state index in [0.29, 0.717) is 26.2 Å². The van der Waals surface area contributed by atoms with Gasteiger partial charge in [-0.05, 0) is 27.2 Å². The van der Waals surface area contributed by atoms with Crippen molar-refractivity contribution >= 4 is 14.9 Å². The molecule has 0 aromatic heterocycles. The summed E-state index contributed by atoms with van der Waals surface area (Å²) in [4.78, 5) is 14.1. The number of hydrogen-bond donors (Lipinski definition) is 0. The van der Waals surface area contributed by atoms with Crippen molar-refractivity contribution < 1.29 is 18.1 Å². The van der Waals surface area contributed by atoms with Crippen LogP contribution in [0, 0.1) is 0 Å². The number of hydrogen-bond acceptors (Lipinski definition) is 5. The Morgan fingerprint density at radius 1 is 1.06 bits per heavy atom. The highest BCUT2D eigenvalue weighted by Crippen LogP contribution is 2.20. The summed E-state index contributed by atoms with van der Waals surface area (Å²) >= 11 is 0. The van der Waals surface area contributed by atoms with Crippen LogP contribution in [-0.4, -0.2) is 40.4 Å². The van der Waals surface area contributed by atoms with Crippen molar-refractivity contribution in [2.75, 3.05) is 19.8 Å². The van der Waals surface area contributed by atoms with Crippen LogP contribution in [0.5, 0.6) is 0 Å². The Kier molecular flexibility index (Phi) is 8.33. The molecular formula is C10H21NO4Si. The molecule has 0 radical (unpaired) electrons. The molecule has 0 N–H and O–H groups in total. The minimum atomic E-state index is -2.88. The third-order valence-electron chi connectivity index (χ3n) is 2.04. The lowest BCUT2D eigenvalue weighted by atomic mass is 10.5. The second-order valence-electron chi connectivity index (χ2n) is 3.05. The van der Waals surface area contributed by atoms with Gasteiger partial charge < -0.3 is 13.3 Å². The average molecular weight is 247 g/mol. The van der Waals surface area contributed by atoms with Crippen LogP contribution in [0.2, 0.25) is 0 Å². The van der Waals surface area contributed by atoms with E-state index in [1.54, 1.807) is 6.08 Å². The molecule has 0 amide bonds. The predicted molar refractivity (Wildman–Crippen MR) is 62.8 cm³/mol. The van der Waals surface area contributed by atoms with E-state index < -0.39 is 8.80 Å². The van der Waals surface area contributed by atoms with Crippen molar-refractivity contribution in [3.05, 3.63) is 0 Å². The summed E-state index contributed by atoms with van der Waals surface area (Å²) in [7, 11) is -2.88. The average Bonchev–Trinajstić information content (AvgIpc) is 2.26. The smallest absolute Gasteiger partial charge is 0.372 e. The molecule has 0 aromatic rings. The molecule has 0 saturated heterocycles. The van der Waals surface area contributed by atoms with Crippen LogP contribution in [0.25, 0.3) is 0 Å². The lowest BCUT2D eigenvalue weighted by Gasteiger charge is -2.31. The SMILES string of the molecule is CCO[Si](OCC)(OCC)[C@@H](CC)N=C=O. The summed E-state index contributed by atoms with van der Waals surface area (Å²) in [5.74, 6) is 0. The number of rotatable bonds is 9. The second kappa shape index (κ2) is 8.61. The molecule has 16 heavy (non-hydrogen) atoms. The third-order valence-corrected chi connectivity index (χ3v) is 5.47. The summed E-state index contributed by atoms with van der Waals surface area (Å²) in [6.45, 7) is 8.99. The van der Waals surface area contributed by atoms with Crippen molar-refractivity contribution in [3.8, 4) is 0 Å². The van der Waals surface area contributed by atoms with E-state index >= 15 is 0 Å². The summed E-state index contributed by atoms with van der Waals surface area (Å²) in [6.07, 6.45) is 2.21. The second-order valence-corrected chi connectivity index (χ2v) is 5.79. The highest BCUT2D eigenvalue weighted by atomic mass is 28.4. The zero-order valence-electron chi connectivity index (χ0n) is 10.5. The molecule has 0 aliphatic heterocycles. The van der Waals surface area contributed by atoms with E-state index in [1.165, 1.54) is 0 Å². The fourth-order valence-corrected chi connectivity index (χ4v) is 4.25. The molecule has 0 unspecified atom stereocenters. The standard InChI is InChI=1S/C10H21NO4Si/c1-5-10(11-9-12)16(13-6-2,14-7-3)15-8-4/h10H,5-8H2,1-4H3/t10-/m0/s1. The van der Waals surface area contributed by atoms with Crippen molar-refractivity contribution in [2.45, 2.75) is 39.8 Å². The van der Waals surface area contributed by atoms with Gasteiger partial charge in [-0.3, -0.25) is 0 Å². The Morgan fingerprint density at radius 3 is 1.75 bits per heavy atom. The third kappa shape index (κ3) is 4.15. The van der Waals surface area contributed by atoms with Crippen LogP contribution < -0.4 is 0 Å². The maximum Gasteiger partial charge on any atom is 0.527 e. The first-order chi connectivity index (χ1) is 7.70. The number of nitrogens with zero attached hydrogens (tertiary/aromatic N) is 1. The molecule has 6 heteroatoms. The van der Waals surface area contributed by atoms with Gasteiger partial charge in [0.15, 0.2) is 0 Å². The normalized spacial score (nSPS) is 13.2. The fourth-order valence-electron chi connectivity index (χ4n) is 1.50. The van der Waals surface area contributed by atoms with E-state index in [-0.39, 0.29) is 5.67 Å². The number of carbonyl (C=O) groups excluding carboxylic acids is 1. The first kappa shape index (κ1) is 15.5. The molecule has 0 spiro atoms. The van der Waals surface area contributed by atoms with Crippen LogP contribution in [-0.2, 0) is 18.1 Å². The lowest BCUT2D eigenvalue weighted by molar-refractivity contribution is 0.0621. The van der Waals surface area contributed by atoms with Gasteiger partial charge in [-0.15, -0.1) is 0 Å². The number of isocyanates is 1. The van der Waals surface area contributed by atoms with Gasteiger partial charge in [-0.1, -0.05) is 6.92 Å². The zero-order valence-corrected chi connectivity index (χ0v) is 11.5. The van der Waals surface area contributed by atoms with Crippen LogP contribution in [0.1, 0.15) is 34.1 Å². The van der Waals surface area contributed by atoms with Gasteiger partial charge in [0, 0.05) is 19.8 Å². The van der Waals surface area contributed by atoms with Gasteiger partial charge in [0.05, 0.1) is 0 Å². The van der Waals surface area contributed by atoms with E-state index in [4.69, 9.17) is 13.3 Å². The Labute approximate surface area is 98.2 Å². The molecule has 0 heterocycles. The molecular weight excluding hydrogens is 226 g/mol. The highest BCUT2D eigenvalue weighted by molar-refractivity contribution is 6.62. The van der Waals surface area contributed by atoms with Gasteiger partial charge in [0.25, 0.3) is 0 Å². The highest BCUT2D eigenvalue weighted by Gasteiger charge is 2.49. The van der Waals surface area contributed by atoms with Crippen LogP contribution in [0.4, 0.5) is 0 Å². The Balaban J connectivity index is 5.00. The number of aliphatic imine (C=N–C) groups is 1. The van der Waals surface area contributed by atoms with Crippen LogP contribution >= 0.6 is 0 Å². The van der Waals surface area contributed by atoms with Crippen molar-refractivity contribution in [2.24, 2.45) is 4.99 Å². The summed E-state index contributed by atoms with van der Waals surface area (Å²) < 4.78 is 16.9. The van der Waals surface area contributed by atoms with Crippen LogP contribution in [0.15, 0.2) is 4.99 Å². The molecule has 0 aliphatic carbocycles. The van der Waals surface area contributed by atoms with E-state index in [2.05, 4.69) is 4.99 Å². The van der Waals surface area contributed by atoms with Gasteiger partial charge in [-0.2, -0.15) is 4.99 Å². The van der Waals surface area contributed by atoms with E-state index in [0.717, 1.165) is 0 Å². The minimum Gasteiger partial charge on any atom is -0.372 e.